The number of nitrogens with zero attached hydrogens (tertiary/aromatic N) is 3. The smallest absolute Gasteiger partial charge is 0.274 e. The fourth-order valence-corrected chi connectivity index (χ4v) is 2.17. The summed E-state index contributed by atoms with van der Waals surface area (Å²) in [5.74, 6) is -0.170. The predicted octanol–water partition coefficient (Wildman–Crippen LogP) is 0.250. The summed E-state index contributed by atoms with van der Waals surface area (Å²) >= 11 is 0. The number of aliphatic hydroxyl groups excluding tert-OH is 1. The average molecular weight is 265 g/mol. The third-order valence-electron chi connectivity index (χ3n) is 3.27. The summed E-state index contributed by atoms with van der Waals surface area (Å²) in [7, 11) is 0. The van der Waals surface area contributed by atoms with Crippen molar-refractivity contribution in [3.8, 4) is 0 Å². The molecular weight excluding hydrogens is 246 g/mol. The highest BCUT2D eigenvalue weighted by Gasteiger charge is 2.23. The SMILES string of the molecule is CCCn1nc(C(=O)N2CCC(O)CC2)ccc1=O. The van der Waals surface area contributed by atoms with E-state index in [1.165, 1.54) is 16.8 Å². The molecule has 1 aliphatic heterocycles. The summed E-state index contributed by atoms with van der Waals surface area (Å²) in [4.78, 5) is 25.5. The molecule has 2 heterocycles. The molecule has 6 nitrogen and oxygen atoms in total. The third-order valence-corrected chi connectivity index (χ3v) is 3.27. The Hall–Kier alpha value is -1.69. The Morgan fingerprint density at radius 1 is 1.42 bits per heavy atom. The van der Waals surface area contributed by atoms with Gasteiger partial charge in [-0.25, -0.2) is 4.68 Å². The molecule has 1 amide bonds. The molecule has 1 fully saturated rings. The number of aliphatic hydroxyl groups is 1. The maximum atomic E-state index is 12.2. The van der Waals surface area contributed by atoms with Crippen molar-refractivity contribution in [2.75, 3.05) is 13.1 Å². The first kappa shape index (κ1) is 13.7. The molecule has 0 spiro atoms. The van der Waals surface area contributed by atoms with Crippen molar-refractivity contribution in [3.63, 3.8) is 0 Å². The zero-order valence-corrected chi connectivity index (χ0v) is 11.1. The molecule has 1 aliphatic rings. The maximum Gasteiger partial charge on any atom is 0.274 e. The van der Waals surface area contributed by atoms with Gasteiger partial charge in [0.2, 0.25) is 0 Å². The number of amides is 1. The summed E-state index contributed by atoms with van der Waals surface area (Å²) in [5.41, 5.74) is 0.108. The highest BCUT2D eigenvalue weighted by molar-refractivity contribution is 5.92. The number of rotatable bonds is 3. The van der Waals surface area contributed by atoms with Crippen LogP contribution in [-0.4, -0.2) is 44.9 Å². The van der Waals surface area contributed by atoms with Crippen LogP contribution in [-0.2, 0) is 6.54 Å². The van der Waals surface area contributed by atoms with E-state index in [0.717, 1.165) is 6.42 Å². The number of hydrogen-bond donors (Lipinski definition) is 1. The second-order valence-electron chi connectivity index (χ2n) is 4.80. The first-order chi connectivity index (χ1) is 9.11. The molecule has 6 heteroatoms. The molecule has 1 aromatic rings. The monoisotopic (exact) mass is 265 g/mol. The zero-order valence-electron chi connectivity index (χ0n) is 11.1. The standard InChI is InChI=1S/C13H19N3O3/c1-2-7-16-12(18)4-3-11(14-16)13(19)15-8-5-10(17)6-9-15/h3-4,10,17H,2,5-9H2,1H3. The Labute approximate surface area is 111 Å². The average Bonchev–Trinajstić information content (AvgIpc) is 2.41. The van der Waals surface area contributed by atoms with Crippen molar-refractivity contribution in [3.05, 3.63) is 28.2 Å². The van der Waals surface area contributed by atoms with E-state index in [1.54, 1.807) is 4.90 Å². The molecule has 104 valence electrons. The topological polar surface area (TPSA) is 75.4 Å². The minimum absolute atomic E-state index is 0.170. The van der Waals surface area contributed by atoms with Gasteiger partial charge in [-0.15, -0.1) is 0 Å². The summed E-state index contributed by atoms with van der Waals surface area (Å²) < 4.78 is 1.33. The molecule has 1 N–H and O–H groups in total. The minimum Gasteiger partial charge on any atom is -0.393 e. The number of likely N-dealkylation sites (tertiary alicyclic amines) is 1. The van der Waals surface area contributed by atoms with Gasteiger partial charge in [0.15, 0.2) is 0 Å². The Morgan fingerprint density at radius 3 is 2.74 bits per heavy atom. The van der Waals surface area contributed by atoms with E-state index in [-0.39, 0.29) is 17.6 Å². The molecule has 0 aliphatic carbocycles. The van der Waals surface area contributed by atoms with Crippen LogP contribution in [0.2, 0.25) is 0 Å². The van der Waals surface area contributed by atoms with E-state index in [1.807, 2.05) is 6.92 Å². The lowest BCUT2D eigenvalue weighted by atomic mass is 10.1. The fourth-order valence-electron chi connectivity index (χ4n) is 2.17. The van der Waals surface area contributed by atoms with Gasteiger partial charge in [-0.3, -0.25) is 9.59 Å². The number of hydrogen-bond acceptors (Lipinski definition) is 4. The summed E-state index contributed by atoms with van der Waals surface area (Å²) in [6.07, 6.45) is 1.67. The Bertz CT molecular complexity index is 504. The van der Waals surface area contributed by atoms with Crippen LogP contribution in [0.4, 0.5) is 0 Å². The zero-order chi connectivity index (χ0) is 13.8. The Kier molecular flexibility index (Phi) is 4.31. The highest BCUT2D eigenvalue weighted by atomic mass is 16.3. The molecule has 0 radical (unpaired) electrons. The Balaban J connectivity index is 2.15. The summed E-state index contributed by atoms with van der Waals surface area (Å²) in [6, 6.07) is 2.86. The van der Waals surface area contributed by atoms with Gasteiger partial charge in [0.1, 0.15) is 5.69 Å². The van der Waals surface area contributed by atoms with Crippen molar-refractivity contribution in [2.45, 2.75) is 38.8 Å². The van der Waals surface area contributed by atoms with E-state index >= 15 is 0 Å². The van der Waals surface area contributed by atoms with Crippen LogP contribution in [0.3, 0.4) is 0 Å². The molecule has 19 heavy (non-hydrogen) atoms. The highest BCUT2D eigenvalue weighted by Crippen LogP contribution is 2.12. The van der Waals surface area contributed by atoms with E-state index < -0.39 is 0 Å². The van der Waals surface area contributed by atoms with Crippen LogP contribution in [0.1, 0.15) is 36.7 Å². The van der Waals surface area contributed by atoms with Gasteiger partial charge in [-0.05, 0) is 25.3 Å². The van der Waals surface area contributed by atoms with Gasteiger partial charge in [0, 0.05) is 25.7 Å². The molecule has 0 unspecified atom stereocenters. The van der Waals surface area contributed by atoms with E-state index in [2.05, 4.69) is 5.10 Å². The van der Waals surface area contributed by atoms with Gasteiger partial charge in [0.05, 0.1) is 6.10 Å². The molecule has 0 bridgehead atoms. The third kappa shape index (κ3) is 3.20. The van der Waals surface area contributed by atoms with E-state index in [0.29, 0.717) is 38.2 Å². The lowest BCUT2D eigenvalue weighted by molar-refractivity contribution is 0.0539. The second kappa shape index (κ2) is 5.97. The van der Waals surface area contributed by atoms with Crippen LogP contribution in [0, 0.1) is 0 Å². The largest absolute Gasteiger partial charge is 0.393 e. The number of aryl methyl sites for hydroxylation is 1. The molecule has 0 saturated carbocycles. The molecule has 0 atom stereocenters. The van der Waals surface area contributed by atoms with Crippen molar-refractivity contribution in [1.82, 2.24) is 14.7 Å². The fraction of sp³-hybridized carbons (Fsp3) is 0.615. The number of carbonyl (C=O) groups is 1. The van der Waals surface area contributed by atoms with Crippen molar-refractivity contribution in [1.29, 1.82) is 0 Å². The van der Waals surface area contributed by atoms with Crippen LogP contribution in [0.25, 0.3) is 0 Å². The van der Waals surface area contributed by atoms with E-state index in [4.69, 9.17) is 0 Å². The van der Waals surface area contributed by atoms with Crippen molar-refractivity contribution < 1.29 is 9.90 Å². The predicted molar refractivity (Wildman–Crippen MR) is 69.9 cm³/mol. The Morgan fingerprint density at radius 2 is 2.11 bits per heavy atom. The minimum atomic E-state index is -0.314. The van der Waals surface area contributed by atoms with Crippen LogP contribution < -0.4 is 5.56 Å². The first-order valence-electron chi connectivity index (χ1n) is 6.67. The van der Waals surface area contributed by atoms with Crippen molar-refractivity contribution >= 4 is 5.91 Å². The van der Waals surface area contributed by atoms with Crippen LogP contribution in [0.15, 0.2) is 16.9 Å². The van der Waals surface area contributed by atoms with Gasteiger partial charge in [-0.1, -0.05) is 6.92 Å². The lowest BCUT2D eigenvalue weighted by Gasteiger charge is -2.29. The number of aromatic nitrogens is 2. The molecule has 1 aromatic heterocycles. The lowest BCUT2D eigenvalue weighted by Crippen LogP contribution is -2.41. The van der Waals surface area contributed by atoms with Gasteiger partial charge >= 0.3 is 0 Å². The van der Waals surface area contributed by atoms with Gasteiger partial charge in [-0.2, -0.15) is 5.10 Å². The van der Waals surface area contributed by atoms with Gasteiger partial charge in [0.25, 0.3) is 11.5 Å². The normalized spacial score (nSPS) is 16.6. The number of carbonyl (C=O) groups excluding carboxylic acids is 1. The quantitative estimate of drug-likeness (QED) is 0.850. The van der Waals surface area contributed by atoms with Crippen LogP contribution in [0.5, 0.6) is 0 Å². The molecule has 1 saturated heterocycles. The summed E-state index contributed by atoms with van der Waals surface area (Å²) in [6.45, 7) is 3.54. The maximum absolute atomic E-state index is 12.2. The van der Waals surface area contributed by atoms with Gasteiger partial charge < -0.3 is 10.0 Å². The first-order valence-corrected chi connectivity index (χ1v) is 6.67. The molecule has 0 aromatic carbocycles. The van der Waals surface area contributed by atoms with Crippen molar-refractivity contribution in [2.24, 2.45) is 0 Å². The number of piperidine rings is 1. The second-order valence-corrected chi connectivity index (χ2v) is 4.80. The van der Waals surface area contributed by atoms with E-state index in [9.17, 15) is 14.7 Å². The summed E-state index contributed by atoms with van der Waals surface area (Å²) in [5, 5.41) is 13.5. The molecular formula is C13H19N3O3. The van der Waals surface area contributed by atoms with Crippen LogP contribution >= 0.6 is 0 Å². The molecule has 2 rings (SSSR count).